The quantitative estimate of drug-likeness (QED) is 0.551. The van der Waals surface area contributed by atoms with Crippen LogP contribution < -0.4 is 5.32 Å². The molecule has 5 nitrogen and oxygen atoms in total. The van der Waals surface area contributed by atoms with Gasteiger partial charge in [-0.05, 0) is 30.3 Å². The third-order valence-electron chi connectivity index (χ3n) is 3.39. The summed E-state index contributed by atoms with van der Waals surface area (Å²) in [4.78, 5) is 35.4. The third-order valence-corrected chi connectivity index (χ3v) is 3.93. The third kappa shape index (κ3) is 6.01. The molecule has 0 fully saturated rings. The maximum absolute atomic E-state index is 13.5. The highest BCUT2D eigenvalue weighted by molar-refractivity contribution is 6.36. The van der Waals surface area contributed by atoms with Gasteiger partial charge in [-0.3, -0.25) is 14.4 Å². The Morgan fingerprint density at radius 3 is 2.37 bits per heavy atom. The van der Waals surface area contributed by atoms with Crippen LogP contribution in [0.3, 0.4) is 0 Å². The standard InChI is InChI=1S/C18H13Cl2F2NO4/c19-10-1-3-12(14(20)7-10)16(24)9-27-17(25)5-6-23-18(26)13-4-2-11(21)8-15(13)22/h1-4,7-8H,5-6,9H2,(H,23,26). The van der Waals surface area contributed by atoms with Crippen molar-refractivity contribution < 1.29 is 27.9 Å². The molecule has 0 aromatic heterocycles. The van der Waals surface area contributed by atoms with Gasteiger partial charge in [-0.25, -0.2) is 8.78 Å². The first-order valence-electron chi connectivity index (χ1n) is 7.65. The minimum Gasteiger partial charge on any atom is -0.457 e. The lowest BCUT2D eigenvalue weighted by Crippen LogP contribution is -2.27. The van der Waals surface area contributed by atoms with E-state index in [4.69, 9.17) is 27.9 Å². The summed E-state index contributed by atoms with van der Waals surface area (Å²) in [6, 6.07) is 6.80. The molecule has 1 N–H and O–H groups in total. The molecule has 0 saturated carbocycles. The molecule has 0 bridgehead atoms. The summed E-state index contributed by atoms with van der Waals surface area (Å²) >= 11 is 11.6. The predicted molar refractivity (Wildman–Crippen MR) is 95.1 cm³/mol. The monoisotopic (exact) mass is 415 g/mol. The van der Waals surface area contributed by atoms with Gasteiger partial charge in [-0.2, -0.15) is 0 Å². The second-order valence-electron chi connectivity index (χ2n) is 5.34. The van der Waals surface area contributed by atoms with Crippen LogP contribution in [0.25, 0.3) is 0 Å². The minimum atomic E-state index is -1.01. The molecule has 0 spiro atoms. The van der Waals surface area contributed by atoms with E-state index in [-0.39, 0.29) is 29.1 Å². The molecule has 0 unspecified atom stereocenters. The maximum Gasteiger partial charge on any atom is 0.308 e. The molecule has 0 aliphatic rings. The Balaban J connectivity index is 1.77. The number of carbonyl (C=O) groups is 3. The van der Waals surface area contributed by atoms with E-state index >= 15 is 0 Å². The van der Waals surface area contributed by atoms with Crippen LogP contribution >= 0.6 is 23.2 Å². The van der Waals surface area contributed by atoms with Crippen LogP contribution in [0.5, 0.6) is 0 Å². The number of ether oxygens (including phenoxy) is 1. The first kappa shape index (κ1) is 20.8. The number of halogens is 4. The van der Waals surface area contributed by atoms with Crippen LogP contribution in [0.4, 0.5) is 8.78 Å². The Morgan fingerprint density at radius 2 is 1.70 bits per heavy atom. The van der Waals surface area contributed by atoms with Gasteiger partial charge < -0.3 is 10.1 Å². The number of benzene rings is 2. The van der Waals surface area contributed by atoms with Gasteiger partial charge in [0.05, 0.1) is 17.0 Å². The van der Waals surface area contributed by atoms with E-state index in [1.807, 2.05) is 0 Å². The smallest absolute Gasteiger partial charge is 0.308 e. The van der Waals surface area contributed by atoms with Crippen molar-refractivity contribution in [3.8, 4) is 0 Å². The van der Waals surface area contributed by atoms with Gasteiger partial charge in [0.2, 0.25) is 5.78 Å². The van der Waals surface area contributed by atoms with E-state index in [0.717, 1.165) is 12.1 Å². The number of Topliss-reactive ketones (excluding diaryl/α,β-unsaturated/α-hetero) is 1. The van der Waals surface area contributed by atoms with Crippen molar-refractivity contribution >= 4 is 40.9 Å². The van der Waals surface area contributed by atoms with Crippen molar-refractivity contribution in [1.82, 2.24) is 5.32 Å². The van der Waals surface area contributed by atoms with Gasteiger partial charge in [0, 0.05) is 23.2 Å². The molecule has 0 saturated heterocycles. The van der Waals surface area contributed by atoms with Crippen molar-refractivity contribution in [1.29, 1.82) is 0 Å². The summed E-state index contributed by atoms with van der Waals surface area (Å²) < 4.78 is 31.1. The number of nitrogens with one attached hydrogen (secondary N) is 1. The average Bonchev–Trinajstić information content (AvgIpc) is 2.59. The van der Waals surface area contributed by atoms with Crippen LogP contribution in [0.2, 0.25) is 10.0 Å². The number of esters is 1. The molecular formula is C18H13Cl2F2NO4. The highest BCUT2D eigenvalue weighted by Gasteiger charge is 2.15. The number of hydrogen-bond acceptors (Lipinski definition) is 4. The zero-order valence-electron chi connectivity index (χ0n) is 13.7. The largest absolute Gasteiger partial charge is 0.457 e. The Kier molecular flexibility index (Phi) is 7.27. The fraction of sp³-hybridized carbons (Fsp3) is 0.167. The van der Waals surface area contributed by atoms with Crippen LogP contribution in [-0.4, -0.2) is 30.8 Å². The second-order valence-corrected chi connectivity index (χ2v) is 6.18. The molecule has 142 valence electrons. The molecule has 0 heterocycles. The van der Waals surface area contributed by atoms with Crippen molar-refractivity contribution in [2.75, 3.05) is 13.2 Å². The number of rotatable bonds is 7. The van der Waals surface area contributed by atoms with Crippen LogP contribution in [0, 0.1) is 11.6 Å². The number of ketones is 1. The molecule has 27 heavy (non-hydrogen) atoms. The molecule has 9 heteroatoms. The fourth-order valence-electron chi connectivity index (χ4n) is 2.06. The molecular weight excluding hydrogens is 403 g/mol. The lowest BCUT2D eigenvalue weighted by atomic mass is 10.1. The molecule has 0 atom stereocenters. The van der Waals surface area contributed by atoms with E-state index in [2.05, 4.69) is 5.32 Å². The van der Waals surface area contributed by atoms with Crippen LogP contribution in [0.15, 0.2) is 36.4 Å². The Hall–Kier alpha value is -2.51. The molecule has 2 rings (SSSR count). The maximum atomic E-state index is 13.5. The lowest BCUT2D eigenvalue weighted by molar-refractivity contribution is -0.142. The molecule has 0 aliphatic carbocycles. The van der Waals surface area contributed by atoms with Crippen LogP contribution in [0.1, 0.15) is 27.1 Å². The van der Waals surface area contributed by atoms with Crippen molar-refractivity contribution in [3.05, 3.63) is 69.2 Å². The van der Waals surface area contributed by atoms with E-state index in [1.54, 1.807) is 0 Å². The van der Waals surface area contributed by atoms with Crippen LogP contribution in [-0.2, 0) is 9.53 Å². The number of hydrogen-bond donors (Lipinski definition) is 1. The number of amides is 1. The highest BCUT2D eigenvalue weighted by atomic mass is 35.5. The van der Waals surface area contributed by atoms with E-state index in [1.165, 1.54) is 18.2 Å². The average molecular weight is 416 g/mol. The normalized spacial score (nSPS) is 10.4. The van der Waals surface area contributed by atoms with E-state index in [0.29, 0.717) is 11.1 Å². The van der Waals surface area contributed by atoms with Crippen molar-refractivity contribution in [2.24, 2.45) is 0 Å². The Bertz CT molecular complexity index is 890. The molecule has 0 aliphatic heterocycles. The zero-order chi connectivity index (χ0) is 20.0. The SMILES string of the molecule is O=C(CCNC(=O)c1ccc(F)cc1F)OCC(=O)c1ccc(Cl)cc1Cl. The predicted octanol–water partition coefficient (Wildman–Crippen LogP) is 3.82. The number of carbonyl (C=O) groups excluding carboxylic acids is 3. The van der Waals surface area contributed by atoms with Crippen molar-refractivity contribution in [3.63, 3.8) is 0 Å². The first-order chi connectivity index (χ1) is 12.8. The molecule has 1 amide bonds. The Morgan fingerprint density at radius 1 is 1.00 bits per heavy atom. The first-order valence-corrected chi connectivity index (χ1v) is 8.40. The van der Waals surface area contributed by atoms with E-state index in [9.17, 15) is 23.2 Å². The molecule has 2 aromatic carbocycles. The minimum absolute atomic E-state index is 0.136. The molecule has 0 radical (unpaired) electrons. The molecule has 2 aromatic rings. The van der Waals surface area contributed by atoms with Crippen molar-refractivity contribution in [2.45, 2.75) is 6.42 Å². The summed E-state index contributed by atoms with van der Waals surface area (Å²) in [5.41, 5.74) is -0.189. The van der Waals surface area contributed by atoms with Gasteiger partial charge in [0.15, 0.2) is 6.61 Å². The second kappa shape index (κ2) is 9.43. The van der Waals surface area contributed by atoms with E-state index < -0.39 is 35.9 Å². The highest BCUT2D eigenvalue weighted by Crippen LogP contribution is 2.21. The zero-order valence-corrected chi connectivity index (χ0v) is 15.2. The van der Waals surface area contributed by atoms with Gasteiger partial charge in [0.25, 0.3) is 5.91 Å². The summed E-state index contributed by atoms with van der Waals surface area (Å²) in [7, 11) is 0. The topological polar surface area (TPSA) is 72.5 Å². The van der Waals surface area contributed by atoms with Gasteiger partial charge in [-0.15, -0.1) is 0 Å². The lowest BCUT2D eigenvalue weighted by Gasteiger charge is -2.08. The summed E-state index contributed by atoms with van der Waals surface area (Å²) in [5.74, 6) is -3.88. The fourth-order valence-corrected chi connectivity index (χ4v) is 2.57. The van der Waals surface area contributed by atoms with Gasteiger partial charge in [0.1, 0.15) is 11.6 Å². The van der Waals surface area contributed by atoms with Gasteiger partial charge in [-0.1, -0.05) is 23.2 Å². The Labute approximate surface area is 163 Å². The summed E-state index contributed by atoms with van der Waals surface area (Å²) in [6.45, 7) is -0.675. The summed E-state index contributed by atoms with van der Waals surface area (Å²) in [5, 5.41) is 2.80. The van der Waals surface area contributed by atoms with Gasteiger partial charge >= 0.3 is 5.97 Å². The summed E-state index contributed by atoms with van der Waals surface area (Å²) in [6.07, 6.45) is -0.240.